The maximum absolute atomic E-state index is 11.9. The number of carbonyl (C=O) groups is 2. The first-order valence-electron chi connectivity index (χ1n) is 11.5. The minimum Gasteiger partial charge on any atom is -0.383 e. The van der Waals surface area contributed by atoms with Crippen LogP contribution in [-0.4, -0.2) is 67.8 Å². The quantitative estimate of drug-likeness (QED) is 0.221. The van der Waals surface area contributed by atoms with E-state index in [0.29, 0.717) is 55.4 Å². The van der Waals surface area contributed by atoms with Gasteiger partial charge in [0, 0.05) is 56.3 Å². The lowest BCUT2D eigenvalue weighted by Gasteiger charge is -2.07. The van der Waals surface area contributed by atoms with Gasteiger partial charge in [-0.05, 0) is 25.0 Å². The molecule has 0 radical (unpaired) electrons. The molecule has 0 saturated heterocycles. The van der Waals surface area contributed by atoms with Crippen LogP contribution in [-0.2, 0) is 20.9 Å². The molecule has 0 aromatic carbocycles. The Morgan fingerprint density at radius 2 is 2.03 bits per heavy atom. The van der Waals surface area contributed by atoms with E-state index < -0.39 is 0 Å². The topological polar surface area (TPSA) is 166 Å². The van der Waals surface area contributed by atoms with Gasteiger partial charge in [-0.15, -0.1) is 0 Å². The number of ether oxygens (including phenoxy) is 1. The molecule has 4 rings (SSSR count). The van der Waals surface area contributed by atoms with Crippen molar-refractivity contribution >= 4 is 39.7 Å². The molecule has 0 aliphatic heterocycles. The van der Waals surface area contributed by atoms with Crippen LogP contribution >= 0.6 is 0 Å². The molecule has 0 aliphatic carbocycles. The van der Waals surface area contributed by atoms with Crippen LogP contribution in [0.3, 0.4) is 0 Å². The van der Waals surface area contributed by atoms with Crippen LogP contribution in [0.4, 0.5) is 5.82 Å². The summed E-state index contributed by atoms with van der Waals surface area (Å²) in [7, 11) is 0. The number of fused-ring (bicyclic) bond motifs is 2. The smallest absolute Gasteiger partial charge is 0.222 e. The highest BCUT2D eigenvalue weighted by molar-refractivity contribution is 5.99. The molecule has 0 bridgehead atoms. The van der Waals surface area contributed by atoms with Crippen molar-refractivity contribution in [1.29, 1.82) is 0 Å². The lowest BCUT2D eigenvalue weighted by atomic mass is 10.1. The number of H-pyrrole nitrogens is 1. The predicted molar refractivity (Wildman–Crippen MR) is 131 cm³/mol. The van der Waals surface area contributed by atoms with E-state index in [1.54, 1.807) is 6.20 Å². The first-order valence-corrected chi connectivity index (χ1v) is 11.5. The number of aromatic amines is 1. The van der Waals surface area contributed by atoms with E-state index in [0.717, 1.165) is 29.4 Å². The second-order valence-corrected chi connectivity index (χ2v) is 8.07. The fourth-order valence-electron chi connectivity index (χ4n) is 3.73. The number of rotatable bonds is 12. The molecular formula is C23H29N9O3. The number of carbonyl (C=O) groups excluding carboxylic acids is 2. The SMILES string of the molecule is CC(=O)NCCOCCC(=O)NCCCCn1nc(-c2cnc3[nH]ccc3c2)c2c(N)ncnc21. The molecular weight excluding hydrogens is 450 g/mol. The molecule has 0 saturated carbocycles. The maximum Gasteiger partial charge on any atom is 0.222 e. The highest BCUT2D eigenvalue weighted by atomic mass is 16.5. The molecule has 2 amide bonds. The van der Waals surface area contributed by atoms with Gasteiger partial charge in [-0.2, -0.15) is 5.10 Å². The first-order chi connectivity index (χ1) is 17.0. The number of aromatic nitrogens is 6. The van der Waals surface area contributed by atoms with Gasteiger partial charge >= 0.3 is 0 Å². The van der Waals surface area contributed by atoms with Gasteiger partial charge in [-0.1, -0.05) is 0 Å². The zero-order valence-corrected chi connectivity index (χ0v) is 19.6. The van der Waals surface area contributed by atoms with Crippen LogP contribution in [0.1, 0.15) is 26.2 Å². The average molecular weight is 480 g/mol. The number of amides is 2. The van der Waals surface area contributed by atoms with Crippen molar-refractivity contribution in [3.05, 3.63) is 30.9 Å². The third-order valence-electron chi connectivity index (χ3n) is 5.44. The highest BCUT2D eigenvalue weighted by Crippen LogP contribution is 2.31. The molecule has 0 unspecified atom stereocenters. The van der Waals surface area contributed by atoms with Crippen LogP contribution in [0.15, 0.2) is 30.9 Å². The summed E-state index contributed by atoms with van der Waals surface area (Å²) in [6.07, 6.45) is 6.90. The minimum absolute atomic E-state index is 0.0653. The summed E-state index contributed by atoms with van der Waals surface area (Å²) in [6.45, 7) is 3.77. The van der Waals surface area contributed by atoms with Crippen LogP contribution in [0.5, 0.6) is 0 Å². The Morgan fingerprint density at radius 3 is 2.89 bits per heavy atom. The minimum atomic E-state index is -0.100. The van der Waals surface area contributed by atoms with E-state index in [4.69, 9.17) is 15.6 Å². The largest absolute Gasteiger partial charge is 0.383 e. The van der Waals surface area contributed by atoms with Gasteiger partial charge in [0.05, 0.1) is 18.6 Å². The maximum atomic E-state index is 11.9. The van der Waals surface area contributed by atoms with Gasteiger partial charge in [0.2, 0.25) is 11.8 Å². The fourth-order valence-corrected chi connectivity index (χ4v) is 3.73. The molecule has 4 aromatic rings. The van der Waals surface area contributed by atoms with E-state index in [1.165, 1.54) is 13.3 Å². The average Bonchev–Trinajstić information content (AvgIpc) is 3.46. The predicted octanol–water partition coefficient (Wildman–Crippen LogP) is 1.39. The van der Waals surface area contributed by atoms with E-state index in [9.17, 15) is 9.59 Å². The van der Waals surface area contributed by atoms with Gasteiger partial charge in [-0.25, -0.2) is 19.6 Å². The van der Waals surface area contributed by atoms with E-state index in [2.05, 4.69) is 30.6 Å². The summed E-state index contributed by atoms with van der Waals surface area (Å²) < 4.78 is 7.16. The molecule has 184 valence electrons. The molecule has 5 N–H and O–H groups in total. The lowest BCUT2D eigenvalue weighted by Crippen LogP contribution is -2.27. The van der Waals surface area contributed by atoms with Gasteiger partial charge in [0.1, 0.15) is 23.5 Å². The number of nitrogens with one attached hydrogen (secondary N) is 3. The van der Waals surface area contributed by atoms with Crippen molar-refractivity contribution in [2.75, 3.05) is 32.0 Å². The van der Waals surface area contributed by atoms with Crippen LogP contribution in [0.25, 0.3) is 33.3 Å². The fraction of sp³-hybridized carbons (Fsp3) is 0.391. The number of nitrogens with zero attached hydrogens (tertiary/aromatic N) is 5. The summed E-state index contributed by atoms with van der Waals surface area (Å²) in [5.41, 5.74) is 9.19. The Kier molecular flexibility index (Phi) is 7.83. The molecule has 0 aliphatic rings. The summed E-state index contributed by atoms with van der Waals surface area (Å²) in [4.78, 5) is 38.8. The highest BCUT2D eigenvalue weighted by Gasteiger charge is 2.17. The van der Waals surface area contributed by atoms with E-state index in [-0.39, 0.29) is 18.2 Å². The Bertz CT molecular complexity index is 1310. The normalized spacial score (nSPS) is 11.2. The van der Waals surface area contributed by atoms with Gasteiger partial charge in [-0.3, -0.25) is 9.59 Å². The molecule has 4 heterocycles. The number of unbranched alkanes of at least 4 members (excludes halogenated alkanes) is 1. The van der Waals surface area contributed by atoms with Crippen molar-refractivity contribution in [3.8, 4) is 11.3 Å². The summed E-state index contributed by atoms with van der Waals surface area (Å²) in [5, 5.41) is 12.0. The molecule has 12 heteroatoms. The van der Waals surface area contributed by atoms with Crippen LogP contribution in [0.2, 0.25) is 0 Å². The standard InChI is InChI=1S/C23H29N9O3/c1-15(33)25-8-11-35-10-5-18(34)26-6-2-3-9-32-23-19(21(24)29-14-30-23)20(31-32)17-12-16-4-7-27-22(16)28-13-17/h4,7,12-14H,2-3,5-6,8-11H2,1H3,(H,25,33)(H,26,34)(H,27,28)(H2,24,29,30). The zero-order valence-electron chi connectivity index (χ0n) is 19.6. The summed E-state index contributed by atoms with van der Waals surface area (Å²) in [6, 6.07) is 3.97. The Hall–Kier alpha value is -4.06. The van der Waals surface area contributed by atoms with Gasteiger partial charge in [0.15, 0.2) is 5.65 Å². The van der Waals surface area contributed by atoms with Gasteiger partial charge in [0.25, 0.3) is 0 Å². The molecule has 12 nitrogen and oxygen atoms in total. The Balaban J connectivity index is 1.29. The number of hydrogen-bond acceptors (Lipinski definition) is 8. The van der Waals surface area contributed by atoms with Crippen molar-refractivity contribution in [2.45, 2.75) is 32.7 Å². The van der Waals surface area contributed by atoms with Crippen molar-refractivity contribution in [2.24, 2.45) is 0 Å². The van der Waals surface area contributed by atoms with Crippen molar-refractivity contribution in [3.63, 3.8) is 0 Å². The van der Waals surface area contributed by atoms with Crippen LogP contribution in [0, 0.1) is 0 Å². The second-order valence-electron chi connectivity index (χ2n) is 8.07. The van der Waals surface area contributed by atoms with Gasteiger partial charge < -0.3 is 26.1 Å². The summed E-state index contributed by atoms with van der Waals surface area (Å²) >= 11 is 0. The number of pyridine rings is 1. The zero-order chi connectivity index (χ0) is 24.6. The molecule has 4 aromatic heterocycles. The number of hydrogen-bond donors (Lipinski definition) is 4. The van der Waals surface area contributed by atoms with Crippen molar-refractivity contribution in [1.82, 2.24) is 40.3 Å². The Morgan fingerprint density at radius 1 is 1.14 bits per heavy atom. The van der Waals surface area contributed by atoms with Crippen molar-refractivity contribution < 1.29 is 14.3 Å². The third kappa shape index (κ3) is 6.09. The molecule has 0 fully saturated rings. The van der Waals surface area contributed by atoms with Crippen LogP contribution < -0.4 is 16.4 Å². The molecule has 0 atom stereocenters. The molecule has 35 heavy (non-hydrogen) atoms. The summed E-state index contributed by atoms with van der Waals surface area (Å²) in [5.74, 6) is 0.207. The monoisotopic (exact) mass is 479 g/mol. The van der Waals surface area contributed by atoms with E-state index >= 15 is 0 Å². The second kappa shape index (κ2) is 11.4. The van der Waals surface area contributed by atoms with E-state index in [1.807, 2.05) is 23.0 Å². The number of nitrogens with two attached hydrogens (primary N) is 1. The number of aryl methyl sites for hydroxylation is 1. The molecule has 0 spiro atoms. The first kappa shape index (κ1) is 24.1. The number of nitrogen functional groups attached to an aromatic ring is 1. The lowest BCUT2D eigenvalue weighted by molar-refractivity contribution is -0.122. The number of anilines is 1. The third-order valence-corrected chi connectivity index (χ3v) is 5.44. The Labute approximate surface area is 201 Å².